The predicted octanol–water partition coefficient (Wildman–Crippen LogP) is 3.14. The quantitative estimate of drug-likeness (QED) is 0.895. The highest BCUT2D eigenvalue weighted by Gasteiger charge is 2.20. The molecule has 19 heavy (non-hydrogen) atoms. The fourth-order valence-corrected chi connectivity index (χ4v) is 3.12. The first-order chi connectivity index (χ1) is 9.20. The van der Waals surface area contributed by atoms with Crippen LogP contribution in [0.3, 0.4) is 0 Å². The number of hydrogen-bond acceptors (Lipinski definition) is 2. The molecule has 0 amide bonds. The minimum absolute atomic E-state index is 0.614. The van der Waals surface area contributed by atoms with E-state index in [0.29, 0.717) is 6.04 Å². The molecule has 3 heteroatoms. The van der Waals surface area contributed by atoms with Gasteiger partial charge in [-0.1, -0.05) is 6.92 Å². The highest BCUT2D eigenvalue weighted by atomic mass is 15.1. The van der Waals surface area contributed by atoms with Gasteiger partial charge in [-0.2, -0.15) is 0 Å². The van der Waals surface area contributed by atoms with Gasteiger partial charge in [0, 0.05) is 12.5 Å². The van der Waals surface area contributed by atoms with E-state index in [-0.39, 0.29) is 0 Å². The lowest BCUT2D eigenvalue weighted by Crippen LogP contribution is -2.30. The SMILES string of the molecule is CCc1nc2cc(C)c(C)cc2n1C1CCNCC1. The Bertz CT molecular complexity index is 592. The maximum Gasteiger partial charge on any atom is 0.109 e. The molecule has 1 aromatic heterocycles. The molecule has 2 aromatic rings. The van der Waals surface area contributed by atoms with Crippen molar-refractivity contribution in [2.75, 3.05) is 13.1 Å². The normalized spacial score (nSPS) is 17.2. The molecule has 0 aliphatic carbocycles. The molecule has 0 radical (unpaired) electrons. The Morgan fingerprint density at radius 2 is 1.89 bits per heavy atom. The number of imidazole rings is 1. The second kappa shape index (κ2) is 4.97. The minimum atomic E-state index is 0.614. The van der Waals surface area contributed by atoms with E-state index in [1.165, 1.54) is 40.8 Å². The van der Waals surface area contributed by atoms with Crippen molar-refractivity contribution in [2.24, 2.45) is 0 Å². The number of hydrogen-bond donors (Lipinski definition) is 1. The van der Waals surface area contributed by atoms with Gasteiger partial charge in [-0.15, -0.1) is 0 Å². The summed E-state index contributed by atoms with van der Waals surface area (Å²) in [6, 6.07) is 5.17. The molecule has 1 aliphatic rings. The van der Waals surface area contributed by atoms with E-state index >= 15 is 0 Å². The number of fused-ring (bicyclic) bond motifs is 1. The monoisotopic (exact) mass is 257 g/mol. The van der Waals surface area contributed by atoms with Gasteiger partial charge in [0.15, 0.2) is 0 Å². The van der Waals surface area contributed by atoms with Gasteiger partial charge in [0.2, 0.25) is 0 Å². The van der Waals surface area contributed by atoms with E-state index in [0.717, 1.165) is 19.5 Å². The third-order valence-electron chi connectivity index (χ3n) is 4.37. The Hall–Kier alpha value is -1.35. The average Bonchev–Trinajstić information content (AvgIpc) is 2.78. The van der Waals surface area contributed by atoms with Crippen LogP contribution in [-0.2, 0) is 6.42 Å². The summed E-state index contributed by atoms with van der Waals surface area (Å²) in [5, 5.41) is 3.45. The summed E-state index contributed by atoms with van der Waals surface area (Å²) >= 11 is 0. The molecule has 0 bridgehead atoms. The van der Waals surface area contributed by atoms with Crippen LogP contribution in [0.1, 0.15) is 42.8 Å². The number of aryl methyl sites for hydroxylation is 3. The highest BCUT2D eigenvalue weighted by Crippen LogP contribution is 2.28. The van der Waals surface area contributed by atoms with Crippen LogP contribution in [0.5, 0.6) is 0 Å². The number of nitrogens with one attached hydrogen (secondary N) is 1. The number of benzene rings is 1. The zero-order chi connectivity index (χ0) is 13.4. The molecule has 1 aliphatic heterocycles. The zero-order valence-corrected chi connectivity index (χ0v) is 12.2. The van der Waals surface area contributed by atoms with E-state index in [1.807, 2.05) is 0 Å². The average molecular weight is 257 g/mol. The van der Waals surface area contributed by atoms with Gasteiger partial charge in [0.25, 0.3) is 0 Å². The second-order valence-corrected chi connectivity index (χ2v) is 5.66. The van der Waals surface area contributed by atoms with Crippen LogP contribution >= 0.6 is 0 Å². The van der Waals surface area contributed by atoms with Crippen LogP contribution in [0, 0.1) is 13.8 Å². The predicted molar refractivity (Wildman–Crippen MR) is 79.7 cm³/mol. The van der Waals surface area contributed by atoms with E-state index < -0.39 is 0 Å². The van der Waals surface area contributed by atoms with Crippen LogP contribution in [0.25, 0.3) is 11.0 Å². The molecule has 1 N–H and O–H groups in total. The van der Waals surface area contributed by atoms with Crippen molar-refractivity contribution in [3.05, 3.63) is 29.1 Å². The molecule has 0 saturated carbocycles. The van der Waals surface area contributed by atoms with Gasteiger partial charge < -0.3 is 9.88 Å². The Labute approximate surface area is 115 Å². The Morgan fingerprint density at radius 3 is 2.58 bits per heavy atom. The molecule has 1 saturated heterocycles. The van der Waals surface area contributed by atoms with Crippen molar-refractivity contribution in [1.82, 2.24) is 14.9 Å². The molecule has 0 atom stereocenters. The van der Waals surface area contributed by atoms with E-state index in [9.17, 15) is 0 Å². The summed E-state index contributed by atoms with van der Waals surface area (Å²) in [6.45, 7) is 8.82. The summed E-state index contributed by atoms with van der Waals surface area (Å²) in [5.74, 6) is 1.24. The maximum atomic E-state index is 4.85. The van der Waals surface area contributed by atoms with Crippen molar-refractivity contribution in [3.8, 4) is 0 Å². The van der Waals surface area contributed by atoms with Crippen molar-refractivity contribution in [1.29, 1.82) is 0 Å². The van der Waals surface area contributed by atoms with Crippen LogP contribution in [0.4, 0.5) is 0 Å². The molecule has 1 fully saturated rings. The van der Waals surface area contributed by atoms with Crippen molar-refractivity contribution in [3.63, 3.8) is 0 Å². The lowest BCUT2D eigenvalue weighted by Gasteiger charge is -2.26. The van der Waals surface area contributed by atoms with Crippen LogP contribution < -0.4 is 5.32 Å². The summed E-state index contributed by atoms with van der Waals surface area (Å²) in [4.78, 5) is 4.85. The fraction of sp³-hybridized carbons (Fsp3) is 0.562. The first kappa shape index (κ1) is 12.7. The molecule has 3 rings (SSSR count). The first-order valence-electron chi connectivity index (χ1n) is 7.39. The van der Waals surface area contributed by atoms with Crippen LogP contribution in [0.15, 0.2) is 12.1 Å². The van der Waals surface area contributed by atoms with E-state index in [4.69, 9.17) is 4.98 Å². The minimum Gasteiger partial charge on any atom is -0.325 e. The zero-order valence-electron chi connectivity index (χ0n) is 12.2. The summed E-state index contributed by atoms with van der Waals surface area (Å²) in [7, 11) is 0. The molecule has 1 aromatic carbocycles. The Balaban J connectivity index is 2.16. The lowest BCUT2D eigenvalue weighted by atomic mass is 10.0. The van der Waals surface area contributed by atoms with Crippen molar-refractivity contribution >= 4 is 11.0 Å². The Morgan fingerprint density at radius 1 is 1.21 bits per heavy atom. The van der Waals surface area contributed by atoms with Crippen molar-refractivity contribution in [2.45, 2.75) is 46.1 Å². The standard InChI is InChI=1S/C16H23N3/c1-4-16-18-14-9-11(2)12(3)10-15(14)19(16)13-5-7-17-8-6-13/h9-10,13,17H,4-8H2,1-3H3. The van der Waals surface area contributed by atoms with Crippen molar-refractivity contribution < 1.29 is 0 Å². The smallest absolute Gasteiger partial charge is 0.109 e. The van der Waals surface area contributed by atoms with Gasteiger partial charge in [0.05, 0.1) is 11.0 Å². The maximum absolute atomic E-state index is 4.85. The third-order valence-corrected chi connectivity index (χ3v) is 4.37. The summed E-state index contributed by atoms with van der Waals surface area (Å²) in [6.07, 6.45) is 3.44. The largest absolute Gasteiger partial charge is 0.325 e. The van der Waals surface area contributed by atoms with Crippen LogP contribution in [-0.4, -0.2) is 22.6 Å². The number of piperidine rings is 1. The van der Waals surface area contributed by atoms with Gasteiger partial charge >= 0.3 is 0 Å². The molecule has 0 spiro atoms. The molecule has 0 unspecified atom stereocenters. The topological polar surface area (TPSA) is 29.9 Å². The van der Waals surface area contributed by atoms with Gasteiger partial charge in [-0.3, -0.25) is 0 Å². The van der Waals surface area contributed by atoms with Gasteiger partial charge in [0.1, 0.15) is 5.82 Å². The fourth-order valence-electron chi connectivity index (χ4n) is 3.12. The van der Waals surface area contributed by atoms with Gasteiger partial charge in [-0.25, -0.2) is 4.98 Å². The summed E-state index contributed by atoms with van der Waals surface area (Å²) < 4.78 is 2.50. The van der Waals surface area contributed by atoms with E-state index in [1.54, 1.807) is 0 Å². The van der Waals surface area contributed by atoms with Crippen LogP contribution in [0.2, 0.25) is 0 Å². The highest BCUT2D eigenvalue weighted by molar-refractivity contribution is 5.78. The Kier molecular flexibility index (Phi) is 3.31. The number of rotatable bonds is 2. The molecular formula is C16H23N3. The number of nitrogens with zero attached hydrogens (tertiary/aromatic N) is 2. The third kappa shape index (κ3) is 2.16. The molecule has 2 heterocycles. The molecule has 102 valence electrons. The first-order valence-corrected chi connectivity index (χ1v) is 7.39. The lowest BCUT2D eigenvalue weighted by molar-refractivity contribution is 0.367. The molecule has 3 nitrogen and oxygen atoms in total. The summed E-state index contributed by atoms with van der Waals surface area (Å²) in [5.41, 5.74) is 5.20. The van der Waals surface area contributed by atoms with E-state index in [2.05, 4.69) is 42.8 Å². The molecular weight excluding hydrogens is 234 g/mol. The second-order valence-electron chi connectivity index (χ2n) is 5.66. The van der Waals surface area contributed by atoms with Gasteiger partial charge in [-0.05, 0) is 63.0 Å². The number of aromatic nitrogens is 2.